The molecule has 0 amide bonds. The zero-order valence-electron chi connectivity index (χ0n) is 17.2. The van der Waals surface area contributed by atoms with Crippen molar-refractivity contribution in [2.45, 2.75) is 6.61 Å². The largest absolute Gasteiger partial charge is 0.457 e. The minimum Gasteiger partial charge on any atom is -0.457 e. The van der Waals surface area contributed by atoms with Gasteiger partial charge in [0.05, 0.1) is 28.4 Å². The monoisotopic (exact) mass is 414 g/mol. The highest BCUT2D eigenvalue weighted by Gasteiger charge is 2.17. The van der Waals surface area contributed by atoms with Crippen LogP contribution in [0.3, 0.4) is 0 Å². The molecule has 32 heavy (non-hydrogen) atoms. The predicted octanol–water partition coefficient (Wildman–Crippen LogP) is 6.28. The van der Waals surface area contributed by atoms with E-state index in [1.165, 1.54) is 0 Å². The summed E-state index contributed by atoms with van der Waals surface area (Å²) in [6.45, 7) is 0.0306. The van der Waals surface area contributed by atoms with E-state index in [1.807, 2.05) is 54.6 Å². The molecule has 0 aliphatic rings. The lowest BCUT2D eigenvalue weighted by Gasteiger charge is -2.12. The van der Waals surface area contributed by atoms with Gasteiger partial charge in [0.15, 0.2) is 0 Å². The summed E-state index contributed by atoms with van der Waals surface area (Å²) in [5.74, 6) is -0.446. The van der Waals surface area contributed by atoms with Crippen molar-refractivity contribution in [2.24, 2.45) is 0 Å². The molecular formula is C28H18N2O2. The van der Waals surface area contributed by atoms with Crippen LogP contribution in [0.2, 0.25) is 0 Å². The number of ether oxygens (including phenoxy) is 1. The number of hydrogen-bond donors (Lipinski definition) is 0. The number of esters is 1. The number of hydrogen-bond acceptors (Lipinski definition) is 4. The second-order valence-electron chi connectivity index (χ2n) is 7.44. The molecule has 0 radical (unpaired) electrons. The molecule has 0 fully saturated rings. The average molecular weight is 414 g/mol. The van der Waals surface area contributed by atoms with Gasteiger partial charge in [-0.05, 0) is 29.0 Å². The van der Waals surface area contributed by atoms with Gasteiger partial charge in [-0.1, -0.05) is 78.9 Å². The summed E-state index contributed by atoms with van der Waals surface area (Å²) in [5, 5.41) is 12.2. The Bertz CT molecular complexity index is 1510. The van der Waals surface area contributed by atoms with Crippen molar-refractivity contribution in [3.05, 3.63) is 114 Å². The van der Waals surface area contributed by atoms with Crippen LogP contribution in [0.1, 0.15) is 21.5 Å². The average Bonchev–Trinajstić information content (AvgIpc) is 2.86. The van der Waals surface area contributed by atoms with Crippen molar-refractivity contribution >= 4 is 27.6 Å². The van der Waals surface area contributed by atoms with Crippen LogP contribution in [-0.2, 0) is 11.3 Å². The van der Waals surface area contributed by atoms with Crippen LogP contribution in [-0.4, -0.2) is 11.0 Å². The van der Waals surface area contributed by atoms with Crippen molar-refractivity contribution < 1.29 is 9.53 Å². The second kappa shape index (κ2) is 8.33. The molecule has 4 heteroatoms. The third kappa shape index (κ3) is 3.57. The summed E-state index contributed by atoms with van der Waals surface area (Å²) in [6, 6.07) is 32.8. The maximum absolute atomic E-state index is 13.1. The van der Waals surface area contributed by atoms with Gasteiger partial charge in [-0.25, -0.2) is 9.78 Å². The van der Waals surface area contributed by atoms with E-state index in [0.717, 1.165) is 27.2 Å². The Kier molecular flexibility index (Phi) is 5.07. The van der Waals surface area contributed by atoms with Gasteiger partial charge in [0.1, 0.15) is 6.61 Å². The maximum Gasteiger partial charge on any atom is 0.339 e. The Balaban J connectivity index is 1.58. The number of fused-ring (bicyclic) bond motifs is 2. The molecule has 0 saturated heterocycles. The topological polar surface area (TPSA) is 63.0 Å². The fraction of sp³-hybridized carbons (Fsp3) is 0.0357. The van der Waals surface area contributed by atoms with E-state index in [0.29, 0.717) is 22.4 Å². The normalized spacial score (nSPS) is 10.7. The Morgan fingerprint density at radius 3 is 2.44 bits per heavy atom. The number of para-hydroxylation sites is 1. The lowest BCUT2D eigenvalue weighted by atomic mass is 9.99. The van der Waals surface area contributed by atoms with Crippen LogP contribution in [0.15, 0.2) is 97.1 Å². The fourth-order valence-electron chi connectivity index (χ4n) is 3.91. The van der Waals surface area contributed by atoms with Crippen LogP contribution >= 0.6 is 0 Å². The molecule has 0 aliphatic heterocycles. The van der Waals surface area contributed by atoms with Crippen LogP contribution in [0.4, 0.5) is 0 Å². The molecule has 0 spiro atoms. The highest BCUT2D eigenvalue weighted by atomic mass is 16.5. The molecule has 5 aromatic rings. The molecule has 1 aromatic heterocycles. The third-order valence-corrected chi connectivity index (χ3v) is 5.50. The number of nitriles is 1. The van der Waals surface area contributed by atoms with Crippen LogP contribution in [0.25, 0.3) is 32.9 Å². The highest BCUT2D eigenvalue weighted by molar-refractivity contribution is 6.06. The summed E-state index contributed by atoms with van der Waals surface area (Å²) in [6.07, 6.45) is 0. The van der Waals surface area contributed by atoms with Gasteiger partial charge >= 0.3 is 5.97 Å². The zero-order valence-corrected chi connectivity index (χ0v) is 17.2. The van der Waals surface area contributed by atoms with E-state index in [1.54, 1.807) is 24.3 Å². The van der Waals surface area contributed by atoms with Gasteiger partial charge in [0.25, 0.3) is 0 Å². The molecule has 0 unspecified atom stereocenters. The van der Waals surface area contributed by atoms with Gasteiger partial charge in [-0.15, -0.1) is 0 Å². The molecule has 152 valence electrons. The summed E-state index contributed by atoms with van der Waals surface area (Å²) in [5.41, 5.74) is 4.02. The molecular weight excluding hydrogens is 396 g/mol. The summed E-state index contributed by atoms with van der Waals surface area (Å²) < 4.78 is 5.63. The molecule has 0 atom stereocenters. The maximum atomic E-state index is 13.1. The molecule has 4 nitrogen and oxygen atoms in total. The Morgan fingerprint density at radius 2 is 1.56 bits per heavy atom. The molecule has 0 bridgehead atoms. The highest BCUT2D eigenvalue weighted by Crippen LogP contribution is 2.31. The van der Waals surface area contributed by atoms with Gasteiger partial charge in [-0.2, -0.15) is 5.26 Å². The first-order chi connectivity index (χ1) is 15.7. The van der Waals surface area contributed by atoms with Crippen LogP contribution in [0.5, 0.6) is 0 Å². The number of benzene rings is 4. The quantitative estimate of drug-likeness (QED) is 0.325. The fourth-order valence-corrected chi connectivity index (χ4v) is 3.91. The van der Waals surface area contributed by atoms with E-state index in [9.17, 15) is 10.1 Å². The van der Waals surface area contributed by atoms with Gasteiger partial charge in [0, 0.05) is 16.5 Å². The van der Waals surface area contributed by atoms with E-state index >= 15 is 0 Å². The number of carbonyl (C=O) groups excluding carboxylic acids is 1. The molecule has 0 aliphatic carbocycles. The van der Waals surface area contributed by atoms with Crippen molar-refractivity contribution in [1.82, 2.24) is 4.98 Å². The molecule has 4 aromatic carbocycles. The van der Waals surface area contributed by atoms with E-state index in [-0.39, 0.29) is 6.61 Å². The SMILES string of the molecule is N#Cc1ccccc1COC(=O)c1cc(-c2cccc3ccccc23)nc2ccccc12. The van der Waals surface area contributed by atoms with Crippen LogP contribution < -0.4 is 0 Å². The summed E-state index contributed by atoms with van der Waals surface area (Å²) >= 11 is 0. The standard InChI is InChI=1S/C28H18N2O2/c29-17-20-9-1-2-10-21(20)18-32-28(31)25-16-27(30-26-15-6-5-13-24(25)26)23-14-7-11-19-8-3-4-12-22(19)23/h1-16H,18H2. The zero-order chi connectivity index (χ0) is 21.9. The number of rotatable bonds is 4. The summed E-state index contributed by atoms with van der Waals surface area (Å²) in [7, 11) is 0. The Hall–Kier alpha value is -4.49. The first kappa shape index (κ1) is 19.5. The van der Waals surface area contributed by atoms with Crippen molar-refractivity contribution in [1.29, 1.82) is 5.26 Å². The first-order valence-electron chi connectivity index (χ1n) is 10.3. The Labute approximate surface area is 185 Å². The molecule has 0 saturated carbocycles. The number of aromatic nitrogens is 1. The first-order valence-corrected chi connectivity index (χ1v) is 10.3. The minimum atomic E-state index is -0.446. The van der Waals surface area contributed by atoms with Crippen molar-refractivity contribution in [3.8, 4) is 17.3 Å². The van der Waals surface area contributed by atoms with Crippen molar-refractivity contribution in [3.63, 3.8) is 0 Å². The molecule has 0 N–H and O–H groups in total. The summed E-state index contributed by atoms with van der Waals surface area (Å²) in [4.78, 5) is 18.0. The number of carbonyl (C=O) groups is 1. The smallest absolute Gasteiger partial charge is 0.339 e. The van der Waals surface area contributed by atoms with E-state index in [4.69, 9.17) is 9.72 Å². The predicted molar refractivity (Wildman–Crippen MR) is 125 cm³/mol. The van der Waals surface area contributed by atoms with E-state index < -0.39 is 5.97 Å². The van der Waals surface area contributed by atoms with Crippen LogP contribution in [0, 0.1) is 11.3 Å². The Morgan fingerprint density at radius 1 is 0.844 bits per heavy atom. The molecule has 1 heterocycles. The minimum absolute atomic E-state index is 0.0306. The van der Waals surface area contributed by atoms with Gasteiger partial charge in [0.2, 0.25) is 0 Å². The molecule has 5 rings (SSSR count). The lowest BCUT2D eigenvalue weighted by Crippen LogP contribution is -2.08. The lowest BCUT2D eigenvalue weighted by molar-refractivity contribution is 0.0475. The van der Waals surface area contributed by atoms with Gasteiger partial charge in [-0.3, -0.25) is 0 Å². The third-order valence-electron chi connectivity index (χ3n) is 5.50. The number of pyridine rings is 1. The second-order valence-corrected chi connectivity index (χ2v) is 7.44. The van der Waals surface area contributed by atoms with Crippen molar-refractivity contribution in [2.75, 3.05) is 0 Å². The number of nitrogens with zero attached hydrogens (tertiary/aromatic N) is 2. The van der Waals surface area contributed by atoms with Gasteiger partial charge < -0.3 is 4.74 Å². The van der Waals surface area contributed by atoms with E-state index in [2.05, 4.69) is 24.3 Å².